The predicted molar refractivity (Wildman–Crippen MR) is 72.3 cm³/mol. The monoisotopic (exact) mass is 293 g/mol. The molecule has 3 nitrogen and oxygen atoms in total. The SMILES string of the molecule is NCC(Cc1ccc(Cl)s1)C1CCS(=O)(=O)C1. The smallest absolute Gasteiger partial charge is 0.150 e. The van der Waals surface area contributed by atoms with E-state index in [0.717, 1.165) is 17.2 Å². The lowest BCUT2D eigenvalue weighted by molar-refractivity contribution is 0.372. The summed E-state index contributed by atoms with van der Waals surface area (Å²) in [7, 11) is -2.82. The summed E-state index contributed by atoms with van der Waals surface area (Å²) >= 11 is 7.43. The molecule has 1 aliphatic rings. The maximum atomic E-state index is 11.5. The van der Waals surface area contributed by atoms with Crippen LogP contribution in [0.15, 0.2) is 12.1 Å². The molecule has 0 saturated carbocycles. The zero-order valence-corrected chi connectivity index (χ0v) is 11.8. The van der Waals surface area contributed by atoms with E-state index in [2.05, 4.69) is 0 Å². The van der Waals surface area contributed by atoms with Crippen LogP contribution in [0.1, 0.15) is 11.3 Å². The first-order valence-electron chi connectivity index (χ1n) is 5.65. The third kappa shape index (κ3) is 3.44. The average molecular weight is 294 g/mol. The largest absolute Gasteiger partial charge is 0.330 e. The van der Waals surface area contributed by atoms with E-state index in [9.17, 15) is 8.42 Å². The molecule has 17 heavy (non-hydrogen) atoms. The molecule has 2 rings (SSSR count). The Bertz CT molecular complexity index is 483. The Morgan fingerprint density at radius 1 is 1.53 bits per heavy atom. The van der Waals surface area contributed by atoms with Gasteiger partial charge in [0.2, 0.25) is 0 Å². The fourth-order valence-electron chi connectivity index (χ4n) is 2.36. The van der Waals surface area contributed by atoms with E-state index in [1.807, 2.05) is 12.1 Å². The molecule has 96 valence electrons. The molecule has 1 aromatic heterocycles. The number of thiophene rings is 1. The van der Waals surface area contributed by atoms with Crippen LogP contribution in [0.2, 0.25) is 4.34 Å². The van der Waals surface area contributed by atoms with Gasteiger partial charge in [-0.05, 0) is 43.4 Å². The van der Waals surface area contributed by atoms with Crippen molar-refractivity contribution >= 4 is 32.8 Å². The molecular formula is C11H16ClNO2S2. The van der Waals surface area contributed by atoms with E-state index in [4.69, 9.17) is 17.3 Å². The van der Waals surface area contributed by atoms with Crippen LogP contribution in [0.5, 0.6) is 0 Å². The van der Waals surface area contributed by atoms with Crippen molar-refractivity contribution < 1.29 is 8.42 Å². The highest BCUT2D eigenvalue weighted by molar-refractivity contribution is 7.91. The minimum Gasteiger partial charge on any atom is -0.330 e. The van der Waals surface area contributed by atoms with Gasteiger partial charge >= 0.3 is 0 Å². The fourth-order valence-corrected chi connectivity index (χ4v) is 5.46. The number of hydrogen-bond donors (Lipinski definition) is 1. The molecule has 2 atom stereocenters. The van der Waals surface area contributed by atoms with Crippen LogP contribution in [-0.4, -0.2) is 26.5 Å². The van der Waals surface area contributed by atoms with Crippen molar-refractivity contribution in [1.29, 1.82) is 0 Å². The molecule has 1 saturated heterocycles. The van der Waals surface area contributed by atoms with Crippen molar-refractivity contribution in [2.24, 2.45) is 17.6 Å². The highest BCUT2D eigenvalue weighted by Crippen LogP contribution is 2.31. The lowest BCUT2D eigenvalue weighted by Gasteiger charge is -2.19. The zero-order valence-electron chi connectivity index (χ0n) is 9.43. The van der Waals surface area contributed by atoms with Gasteiger partial charge in [-0.3, -0.25) is 0 Å². The minimum atomic E-state index is -2.82. The number of hydrogen-bond acceptors (Lipinski definition) is 4. The second-order valence-corrected chi connectivity index (χ2v) is 8.60. The van der Waals surface area contributed by atoms with Crippen LogP contribution >= 0.6 is 22.9 Å². The van der Waals surface area contributed by atoms with Gasteiger partial charge in [-0.15, -0.1) is 11.3 Å². The summed E-state index contributed by atoms with van der Waals surface area (Å²) in [6.45, 7) is 0.537. The highest BCUT2D eigenvalue weighted by atomic mass is 35.5. The first-order chi connectivity index (χ1) is 8.00. The average Bonchev–Trinajstić information content (AvgIpc) is 2.81. The van der Waals surface area contributed by atoms with Crippen molar-refractivity contribution in [1.82, 2.24) is 0 Å². The van der Waals surface area contributed by atoms with E-state index in [1.165, 1.54) is 4.88 Å². The Morgan fingerprint density at radius 3 is 2.76 bits per heavy atom. The first kappa shape index (κ1) is 13.3. The third-order valence-electron chi connectivity index (χ3n) is 3.33. The molecule has 0 radical (unpaired) electrons. The van der Waals surface area contributed by atoms with Gasteiger partial charge in [-0.25, -0.2) is 8.42 Å². The molecule has 0 spiro atoms. The van der Waals surface area contributed by atoms with E-state index in [0.29, 0.717) is 18.1 Å². The van der Waals surface area contributed by atoms with Gasteiger partial charge in [-0.1, -0.05) is 11.6 Å². The molecular weight excluding hydrogens is 278 g/mol. The van der Waals surface area contributed by atoms with Crippen LogP contribution in [0.3, 0.4) is 0 Å². The van der Waals surface area contributed by atoms with E-state index in [1.54, 1.807) is 11.3 Å². The molecule has 0 bridgehead atoms. The van der Waals surface area contributed by atoms with Crippen molar-refractivity contribution in [2.45, 2.75) is 12.8 Å². The Balaban J connectivity index is 2.02. The summed E-state index contributed by atoms with van der Waals surface area (Å²) in [5.74, 6) is 1.08. The summed E-state index contributed by atoms with van der Waals surface area (Å²) in [4.78, 5) is 1.19. The molecule has 6 heteroatoms. The summed E-state index contributed by atoms with van der Waals surface area (Å²) in [5, 5.41) is 0. The van der Waals surface area contributed by atoms with Crippen molar-refractivity contribution in [3.05, 3.63) is 21.3 Å². The summed E-state index contributed by atoms with van der Waals surface area (Å²) in [5.41, 5.74) is 5.77. The molecule has 1 aliphatic heterocycles. The van der Waals surface area contributed by atoms with Gasteiger partial charge in [0.05, 0.1) is 15.8 Å². The quantitative estimate of drug-likeness (QED) is 0.923. The molecule has 2 unspecified atom stereocenters. The number of nitrogens with two attached hydrogens (primary N) is 1. The van der Waals surface area contributed by atoms with Gasteiger partial charge in [-0.2, -0.15) is 0 Å². The van der Waals surface area contributed by atoms with Crippen molar-refractivity contribution in [2.75, 3.05) is 18.1 Å². The lowest BCUT2D eigenvalue weighted by atomic mass is 9.88. The van der Waals surface area contributed by atoms with E-state index >= 15 is 0 Å². The second kappa shape index (κ2) is 5.26. The predicted octanol–water partition coefficient (Wildman–Crippen LogP) is 1.95. The van der Waals surface area contributed by atoms with Crippen LogP contribution in [0, 0.1) is 11.8 Å². The highest BCUT2D eigenvalue weighted by Gasteiger charge is 2.33. The van der Waals surface area contributed by atoms with Crippen LogP contribution in [0.25, 0.3) is 0 Å². The summed E-state index contributed by atoms with van der Waals surface area (Å²) < 4.78 is 23.7. The molecule has 1 fully saturated rings. The Kier molecular flexibility index (Phi) is 4.13. The topological polar surface area (TPSA) is 60.2 Å². The Hall–Kier alpha value is -0.100. The number of sulfone groups is 1. The van der Waals surface area contributed by atoms with Crippen LogP contribution < -0.4 is 5.73 Å². The number of rotatable bonds is 4. The van der Waals surface area contributed by atoms with Crippen LogP contribution in [0.4, 0.5) is 0 Å². The standard InChI is InChI=1S/C11H16ClNO2S2/c12-11-2-1-10(16-11)5-9(6-13)8-3-4-17(14,15)7-8/h1-2,8-9H,3-7,13H2. The molecule has 0 aromatic carbocycles. The molecule has 1 aromatic rings. The molecule has 2 heterocycles. The first-order valence-corrected chi connectivity index (χ1v) is 8.66. The van der Waals surface area contributed by atoms with Gasteiger partial charge in [0.1, 0.15) is 0 Å². The second-order valence-electron chi connectivity index (χ2n) is 4.57. The molecule has 2 N–H and O–H groups in total. The van der Waals surface area contributed by atoms with Crippen LogP contribution in [-0.2, 0) is 16.3 Å². The fraction of sp³-hybridized carbons (Fsp3) is 0.636. The van der Waals surface area contributed by atoms with Gasteiger partial charge < -0.3 is 5.73 Å². The lowest BCUT2D eigenvalue weighted by Crippen LogP contribution is -2.26. The minimum absolute atomic E-state index is 0.214. The van der Waals surface area contributed by atoms with E-state index < -0.39 is 9.84 Å². The van der Waals surface area contributed by atoms with E-state index in [-0.39, 0.29) is 11.8 Å². The number of halogens is 1. The molecule has 0 aliphatic carbocycles. The molecule has 0 amide bonds. The van der Waals surface area contributed by atoms with Gasteiger partial charge in [0.25, 0.3) is 0 Å². The Morgan fingerprint density at radius 2 is 2.29 bits per heavy atom. The summed E-state index contributed by atoms with van der Waals surface area (Å²) in [6.07, 6.45) is 1.59. The maximum absolute atomic E-state index is 11.5. The maximum Gasteiger partial charge on any atom is 0.150 e. The Labute approximate surface area is 111 Å². The third-order valence-corrected chi connectivity index (χ3v) is 6.38. The summed E-state index contributed by atoms with van der Waals surface area (Å²) in [6, 6.07) is 3.87. The zero-order chi connectivity index (χ0) is 12.5. The van der Waals surface area contributed by atoms with Crippen molar-refractivity contribution in [3.63, 3.8) is 0 Å². The normalized spacial score (nSPS) is 24.9. The van der Waals surface area contributed by atoms with Gasteiger partial charge in [0, 0.05) is 4.88 Å². The van der Waals surface area contributed by atoms with Crippen molar-refractivity contribution in [3.8, 4) is 0 Å². The van der Waals surface area contributed by atoms with Gasteiger partial charge in [0.15, 0.2) is 9.84 Å².